The Morgan fingerprint density at radius 3 is 2.74 bits per heavy atom. The summed E-state index contributed by atoms with van der Waals surface area (Å²) in [6.07, 6.45) is 0. The van der Waals surface area contributed by atoms with Crippen LogP contribution in [-0.4, -0.2) is 21.2 Å². The molecule has 0 bridgehead atoms. The van der Waals surface area contributed by atoms with Crippen molar-refractivity contribution >= 4 is 50.4 Å². The van der Waals surface area contributed by atoms with Crippen molar-refractivity contribution in [3.8, 4) is 0 Å². The minimum absolute atomic E-state index is 0.367. The Labute approximate surface area is 147 Å². The van der Waals surface area contributed by atoms with Crippen molar-refractivity contribution in [1.29, 1.82) is 0 Å². The van der Waals surface area contributed by atoms with Gasteiger partial charge in [-0.1, -0.05) is 41.3 Å². The fourth-order valence-electron chi connectivity index (χ4n) is 1.78. The molecule has 23 heavy (non-hydrogen) atoms. The highest BCUT2D eigenvalue weighted by molar-refractivity contribution is 8.00. The Morgan fingerprint density at radius 2 is 1.96 bits per heavy atom. The van der Waals surface area contributed by atoms with E-state index in [-0.39, 0.29) is 0 Å². The number of para-hydroxylation sites is 1. The number of rotatable bonds is 7. The average molecular weight is 364 g/mol. The zero-order valence-electron chi connectivity index (χ0n) is 12.8. The van der Waals surface area contributed by atoms with Crippen LogP contribution in [0.5, 0.6) is 0 Å². The van der Waals surface area contributed by atoms with E-state index in [1.807, 2.05) is 30.3 Å². The minimum atomic E-state index is 0.367. The second-order valence-electron chi connectivity index (χ2n) is 5.10. The smallest absolute Gasteiger partial charge is 0.206 e. The van der Waals surface area contributed by atoms with Crippen molar-refractivity contribution in [2.75, 3.05) is 10.6 Å². The van der Waals surface area contributed by atoms with E-state index in [2.05, 4.69) is 45.0 Å². The van der Waals surface area contributed by atoms with Gasteiger partial charge >= 0.3 is 0 Å². The summed E-state index contributed by atoms with van der Waals surface area (Å²) >= 11 is 4.85. The first kappa shape index (κ1) is 16.2. The minimum Gasteiger partial charge on any atom is -0.358 e. The van der Waals surface area contributed by atoms with Gasteiger partial charge in [0.25, 0.3) is 0 Å². The van der Waals surface area contributed by atoms with Crippen LogP contribution in [0.15, 0.2) is 40.1 Å². The third-order valence-corrected chi connectivity index (χ3v) is 5.57. The Morgan fingerprint density at radius 1 is 1.13 bits per heavy atom. The molecule has 0 spiro atoms. The number of aromatic nitrogens is 3. The van der Waals surface area contributed by atoms with Crippen LogP contribution in [0.4, 0.5) is 16.0 Å². The molecule has 5 nitrogen and oxygen atoms in total. The summed E-state index contributed by atoms with van der Waals surface area (Å²) in [5.74, 6) is 0.795. The van der Waals surface area contributed by atoms with Crippen LogP contribution in [0.3, 0.4) is 0 Å². The third-order valence-electron chi connectivity index (χ3n) is 2.74. The monoisotopic (exact) mass is 363 g/mol. The maximum Gasteiger partial charge on any atom is 0.206 e. The predicted octanol–water partition coefficient (Wildman–Crippen LogP) is 4.85. The molecule has 0 aliphatic carbocycles. The summed E-state index contributed by atoms with van der Waals surface area (Å²) in [6.45, 7) is 4.18. The lowest BCUT2D eigenvalue weighted by Crippen LogP contribution is -2.08. The van der Waals surface area contributed by atoms with Gasteiger partial charge in [-0.25, -0.2) is 4.98 Å². The van der Waals surface area contributed by atoms with Crippen molar-refractivity contribution in [2.24, 2.45) is 0 Å². The van der Waals surface area contributed by atoms with Gasteiger partial charge in [-0.15, -0.1) is 21.5 Å². The Balaban J connectivity index is 1.54. The SMILES string of the molecule is CC(C)Nc1nnc(SCc2csc(Nc3ccccc3)n2)s1. The van der Waals surface area contributed by atoms with Gasteiger partial charge in [0, 0.05) is 22.9 Å². The predicted molar refractivity (Wildman–Crippen MR) is 100 cm³/mol. The lowest BCUT2D eigenvalue weighted by atomic mass is 10.3. The first-order chi connectivity index (χ1) is 11.2. The molecule has 0 aliphatic rings. The quantitative estimate of drug-likeness (QED) is 0.585. The molecule has 0 atom stereocenters. The molecule has 0 aliphatic heterocycles. The largest absolute Gasteiger partial charge is 0.358 e. The van der Waals surface area contributed by atoms with Crippen molar-refractivity contribution in [2.45, 2.75) is 30.0 Å². The molecule has 0 saturated carbocycles. The second kappa shape index (κ2) is 7.76. The second-order valence-corrected chi connectivity index (χ2v) is 8.15. The molecule has 0 radical (unpaired) electrons. The topological polar surface area (TPSA) is 62.7 Å². The fourth-order valence-corrected chi connectivity index (χ4v) is 4.41. The molecule has 120 valence electrons. The van der Waals surface area contributed by atoms with Gasteiger partial charge in [0.15, 0.2) is 9.47 Å². The highest BCUT2D eigenvalue weighted by Gasteiger charge is 2.08. The molecular weight excluding hydrogens is 346 g/mol. The highest BCUT2D eigenvalue weighted by Crippen LogP contribution is 2.30. The van der Waals surface area contributed by atoms with Crippen LogP contribution in [0, 0.1) is 0 Å². The summed E-state index contributed by atoms with van der Waals surface area (Å²) in [5, 5.41) is 18.7. The van der Waals surface area contributed by atoms with E-state index in [9.17, 15) is 0 Å². The number of nitrogens with one attached hydrogen (secondary N) is 2. The average Bonchev–Trinajstić information content (AvgIpc) is 3.15. The van der Waals surface area contributed by atoms with Gasteiger partial charge < -0.3 is 10.6 Å². The van der Waals surface area contributed by atoms with Crippen LogP contribution in [0.2, 0.25) is 0 Å². The lowest BCUT2D eigenvalue weighted by molar-refractivity contribution is 0.883. The maximum absolute atomic E-state index is 4.60. The Hall–Kier alpha value is -1.64. The van der Waals surface area contributed by atoms with Gasteiger partial charge in [-0.05, 0) is 26.0 Å². The number of thioether (sulfide) groups is 1. The van der Waals surface area contributed by atoms with Crippen LogP contribution in [-0.2, 0) is 5.75 Å². The van der Waals surface area contributed by atoms with Crippen molar-refractivity contribution < 1.29 is 0 Å². The molecule has 0 saturated heterocycles. The van der Waals surface area contributed by atoms with E-state index in [1.165, 1.54) is 0 Å². The number of nitrogens with zero attached hydrogens (tertiary/aromatic N) is 3. The molecule has 0 unspecified atom stereocenters. The van der Waals surface area contributed by atoms with Crippen molar-refractivity contribution in [1.82, 2.24) is 15.2 Å². The van der Waals surface area contributed by atoms with Crippen LogP contribution >= 0.6 is 34.4 Å². The molecule has 2 heterocycles. The summed E-state index contributed by atoms with van der Waals surface area (Å²) < 4.78 is 0.957. The molecule has 1 aromatic carbocycles. The number of hydrogen-bond acceptors (Lipinski definition) is 8. The number of benzene rings is 1. The van der Waals surface area contributed by atoms with Gasteiger partial charge in [-0.3, -0.25) is 0 Å². The van der Waals surface area contributed by atoms with Crippen LogP contribution in [0.1, 0.15) is 19.5 Å². The first-order valence-corrected chi connectivity index (χ1v) is 9.86. The molecule has 3 rings (SSSR count). The molecular formula is C15H17N5S3. The Kier molecular flexibility index (Phi) is 5.47. The first-order valence-electron chi connectivity index (χ1n) is 7.18. The van der Waals surface area contributed by atoms with Crippen LogP contribution in [0.25, 0.3) is 0 Å². The summed E-state index contributed by atoms with van der Waals surface area (Å²) in [4.78, 5) is 4.60. The molecule has 3 aromatic rings. The van der Waals surface area contributed by atoms with E-state index < -0.39 is 0 Å². The molecule has 0 amide bonds. The maximum atomic E-state index is 4.60. The highest BCUT2D eigenvalue weighted by atomic mass is 32.2. The van der Waals surface area contributed by atoms with Gasteiger partial charge in [0.05, 0.1) is 5.69 Å². The van der Waals surface area contributed by atoms with E-state index in [1.54, 1.807) is 34.4 Å². The molecule has 8 heteroatoms. The Bertz CT molecular complexity index is 738. The van der Waals surface area contributed by atoms with Crippen molar-refractivity contribution in [3.63, 3.8) is 0 Å². The third kappa shape index (κ3) is 4.92. The van der Waals surface area contributed by atoms with E-state index in [0.29, 0.717) is 6.04 Å². The van der Waals surface area contributed by atoms with Gasteiger partial charge in [-0.2, -0.15) is 0 Å². The lowest BCUT2D eigenvalue weighted by Gasteiger charge is -2.02. The number of hydrogen-bond donors (Lipinski definition) is 2. The summed E-state index contributed by atoms with van der Waals surface area (Å²) in [7, 11) is 0. The zero-order valence-corrected chi connectivity index (χ0v) is 15.3. The standard InChI is InChI=1S/C15H17N5S3/c1-10(2)16-14-19-20-15(23-14)22-9-12-8-21-13(18-12)17-11-6-4-3-5-7-11/h3-8,10H,9H2,1-2H3,(H,16,19)(H,17,18). The molecule has 2 aromatic heterocycles. The van der Waals surface area contributed by atoms with E-state index >= 15 is 0 Å². The number of anilines is 3. The zero-order chi connectivity index (χ0) is 16.1. The normalized spacial score (nSPS) is 10.9. The molecule has 0 fully saturated rings. The van der Waals surface area contributed by atoms with Crippen LogP contribution < -0.4 is 10.6 Å². The van der Waals surface area contributed by atoms with Gasteiger partial charge in [0.1, 0.15) is 0 Å². The fraction of sp³-hybridized carbons (Fsp3) is 0.267. The van der Waals surface area contributed by atoms with Crippen molar-refractivity contribution in [3.05, 3.63) is 41.4 Å². The number of thiazole rings is 1. The molecule has 2 N–H and O–H groups in total. The van der Waals surface area contributed by atoms with E-state index in [4.69, 9.17) is 0 Å². The van der Waals surface area contributed by atoms with Gasteiger partial charge in [0.2, 0.25) is 5.13 Å². The summed E-state index contributed by atoms with van der Waals surface area (Å²) in [5.41, 5.74) is 2.10. The summed E-state index contributed by atoms with van der Waals surface area (Å²) in [6, 6.07) is 10.4. The van der Waals surface area contributed by atoms with E-state index in [0.717, 1.165) is 31.7 Å².